The highest BCUT2D eigenvalue weighted by molar-refractivity contribution is 8.19. The van der Waals surface area contributed by atoms with Crippen molar-refractivity contribution in [2.45, 2.75) is 11.8 Å². The van der Waals surface area contributed by atoms with E-state index in [0.717, 1.165) is 36.0 Å². The maximum absolute atomic E-state index is 13.0. The van der Waals surface area contributed by atoms with Crippen LogP contribution in [0.4, 0.5) is 4.39 Å². The molecular formula is C16H13FN2O4S2. The lowest BCUT2D eigenvalue weighted by molar-refractivity contribution is -0.122. The normalized spacial score (nSPS) is 18.5. The Hall–Kier alpha value is -2.39. The minimum absolute atomic E-state index is 0.0506. The number of nitrogens with zero attached hydrogens (tertiary/aromatic N) is 2. The molecule has 0 bridgehead atoms. The Kier molecular flexibility index (Phi) is 4.78. The van der Waals surface area contributed by atoms with E-state index >= 15 is 0 Å². The number of rotatable bonds is 4. The average molecular weight is 380 g/mol. The highest BCUT2D eigenvalue weighted by Crippen LogP contribution is 2.33. The Bertz CT molecular complexity index is 949. The summed E-state index contributed by atoms with van der Waals surface area (Å²) in [5, 5.41) is 0.0506. The standard InChI is InChI=1S/C16H13FN2O4S2/c1-2-19-15(20)14(10-12-4-3-9-23-12)24-16(19)18-25(21,22)13-7-5-11(17)6-8-13/h3-10H,2H2,1H3/b14-10+,18-16?. The summed E-state index contributed by atoms with van der Waals surface area (Å²) in [5.41, 5.74) is 0. The number of sulfonamides is 1. The van der Waals surface area contributed by atoms with Gasteiger partial charge in [-0.25, -0.2) is 4.39 Å². The molecule has 0 N–H and O–H groups in total. The molecule has 1 saturated heterocycles. The summed E-state index contributed by atoms with van der Waals surface area (Å²) < 4.78 is 46.7. The maximum Gasteiger partial charge on any atom is 0.284 e. The molecule has 1 aromatic heterocycles. The molecule has 2 heterocycles. The lowest BCUT2D eigenvalue weighted by Gasteiger charge is -2.11. The van der Waals surface area contributed by atoms with Crippen molar-refractivity contribution in [2.75, 3.05) is 6.54 Å². The topological polar surface area (TPSA) is 80.0 Å². The first-order chi connectivity index (χ1) is 11.9. The number of benzene rings is 1. The smallest absolute Gasteiger partial charge is 0.284 e. The summed E-state index contributed by atoms with van der Waals surface area (Å²) >= 11 is 0.949. The van der Waals surface area contributed by atoms with E-state index in [-0.39, 0.29) is 22.5 Å². The fourth-order valence-electron chi connectivity index (χ4n) is 2.12. The third-order valence-corrected chi connectivity index (χ3v) is 5.73. The summed E-state index contributed by atoms with van der Waals surface area (Å²) in [7, 11) is -4.06. The molecular weight excluding hydrogens is 367 g/mol. The van der Waals surface area contributed by atoms with Crippen LogP contribution in [-0.4, -0.2) is 30.9 Å². The van der Waals surface area contributed by atoms with Crippen LogP contribution in [0.1, 0.15) is 12.7 Å². The Morgan fingerprint density at radius 1 is 1.28 bits per heavy atom. The van der Waals surface area contributed by atoms with E-state index in [0.29, 0.717) is 10.7 Å². The molecule has 9 heteroatoms. The quantitative estimate of drug-likeness (QED) is 0.762. The Morgan fingerprint density at radius 2 is 2.00 bits per heavy atom. The van der Waals surface area contributed by atoms with E-state index in [1.165, 1.54) is 17.2 Å². The van der Waals surface area contributed by atoms with Gasteiger partial charge in [0.25, 0.3) is 15.9 Å². The molecule has 1 fully saturated rings. The molecule has 1 aliphatic heterocycles. The molecule has 0 atom stereocenters. The molecule has 0 radical (unpaired) electrons. The van der Waals surface area contributed by atoms with Crippen LogP contribution in [0.25, 0.3) is 6.08 Å². The second-order valence-corrected chi connectivity index (χ2v) is 7.59. The molecule has 0 aliphatic carbocycles. The summed E-state index contributed by atoms with van der Waals surface area (Å²) in [5.74, 6) is -0.414. The third-order valence-electron chi connectivity index (χ3n) is 3.33. The van der Waals surface area contributed by atoms with Gasteiger partial charge in [-0.05, 0) is 55.1 Å². The van der Waals surface area contributed by atoms with Crippen LogP contribution in [-0.2, 0) is 14.8 Å². The number of carbonyl (C=O) groups excluding carboxylic acids is 1. The van der Waals surface area contributed by atoms with Crippen LogP contribution in [0.2, 0.25) is 0 Å². The van der Waals surface area contributed by atoms with Gasteiger partial charge in [-0.1, -0.05) is 0 Å². The van der Waals surface area contributed by atoms with E-state index < -0.39 is 15.8 Å². The van der Waals surface area contributed by atoms with Crippen molar-refractivity contribution in [3.05, 3.63) is 59.1 Å². The van der Waals surface area contributed by atoms with Gasteiger partial charge in [0.15, 0.2) is 5.17 Å². The summed E-state index contributed by atoms with van der Waals surface area (Å²) in [6, 6.07) is 7.71. The number of hydrogen-bond acceptors (Lipinski definition) is 5. The second kappa shape index (κ2) is 6.85. The average Bonchev–Trinajstić information content (AvgIpc) is 3.17. The number of furan rings is 1. The molecule has 130 valence electrons. The summed E-state index contributed by atoms with van der Waals surface area (Å²) in [4.78, 5) is 13.8. The fraction of sp³-hybridized carbons (Fsp3) is 0.125. The monoisotopic (exact) mass is 380 g/mol. The molecule has 6 nitrogen and oxygen atoms in total. The minimum atomic E-state index is -4.06. The lowest BCUT2D eigenvalue weighted by atomic mass is 10.3. The highest BCUT2D eigenvalue weighted by Gasteiger charge is 2.34. The first-order valence-corrected chi connectivity index (χ1v) is 9.52. The van der Waals surface area contributed by atoms with Crippen LogP contribution in [0.15, 0.2) is 61.3 Å². The highest BCUT2D eigenvalue weighted by atomic mass is 32.2. The molecule has 0 spiro atoms. The van der Waals surface area contributed by atoms with E-state index in [2.05, 4.69) is 4.40 Å². The summed E-state index contributed by atoms with van der Waals surface area (Å²) in [6.45, 7) is 1.98. The van der Waals surface area contributed by atoms with Crippen molar-refractivity contribution < 1.29 is 22.0 Å². The van der Waals surface area contributed by atoms with Crippen LogP contribution in [0.3, 0.4) is 0 Å². The van der Waals surface area contributed by atoms with Crippen molar-refractivity contribution in [3.63, 3.8) is 0 Å². The predicted octanol–water partition coefficient (Wildman–Crippen LogP) is 3.10. The van der Waals surface area contributed by atoms with Gasteiger partial charge in [-0.15, -0.1) is 4.40 Å². The van der Waals surface area contributed by atoms with Gasteiger partial charge < -0.3 is 4.42 Å². The van der Waals surface area contributed by atoms with Gasteiger partial charge in [0.05, 0.1) is 16.1 Å². The Balaban J connectivity index is 1.96. The van der Waals surface area contributed by atoms with Gasteiger partial charge in [-0.3, -0.25) is 9.69 Å². The number of carbonyl (C=O) groups is 1. The number of hydrogen-bond donors (Lipinski definition) is 0. The molecule has 1 aromatic carbocycles. The fourth-order valence-corrected chi connectivity index (χ4v) is 4.34. The minimum Gasteiger partial charge on any atom is -0.465 e. The molecule has 0 unspecified atom stereocenters. The zero-order chi connectivity index (χ0) is 18.0. The van der Waals surface area contributed by atoms with Crippen LogP contribution in [0, 0.1) is 5.82 Å². The molecule has 1 amide bonds. The van der Waals surface area contributed by atoms with E-state index in [9.17, 15) is 17.6 Å². The van der Waals surface area contributed by atoms with Crippen molar-refractivity contribution >= 4 is 38.9 Å². The van der Waals surface area contributed by atoms with Gasteiger partial charge in [-0.2, -0.15) is 8.42 Å². The van der Waals surface area contributed by atoms with Crippen molar-refractivity contribution in [2.24, 2.45) is 4.40 Å². The van der Waals surface area contributed by atoms with Gasteiger partial charge >= 0.3 is 0 Å². The number of halogens is 1. The first kappa shape index (κ1) is 17.4. The number of likely N-dealkylation sites (N-methyl/N-ethyl adjacent to an activating group) is 1. The second-order valence-electron chi connectivity index (χ2n) is 4.98. The van der Waals surface area contributed by atoms with Crippen LogP contribution >= 0.6 is 11.8 Å². The number of thioether (sulfide) groups is 1. The Morgan fingerprint density at radius 3 is 2.60 bits per heavy atom. The first-order valence-electron chi connectivity index (χ1n) is 7.26. The lowest BCUT2D eigenvalue weighted by Crippen LogP contribution is -2.29. The third kappa shape index (κ3) is 3.67. The van der Waals surface area contributed by atoms with E-state index in [1.807, 2.05) is 0 Å². The number of amidine groups is 1. The maximum atomic E-state index is 13.0. The van der Waals surface area contributed by atoms with Gasteiger partial charge in [0.2, 0.25) is 0 Å². The van der Waals surface area contributed by atoms with Gasteiger partial charge in [0.1, 0.15) is 11.6 Å². The Labute approximate surface area is 148 Å². The number of amides is 1. The zero-order valence-corrected chi connectivity index (χ0v) is 14.7. The predicted molar refractivity (Wildman–Crippen MR) is 92.7 cm³/mol. The summed E-state index contributed by atoms with van der Waals surface area (Å²) in [6.07, 6.45) is 3.00. The van der Waals surface area contributed by atoms with Crippen molar-refractivity contribution in [3.8, 4) is 0 Å². The molecule has 3 rings (SSSR count). The molecule has 1 aliphatic rings. The van der Waals surface area contributed by atoms with Crippen LogP contribution < -0.4 is 0 Å². The molecule has 2 aromatic rings. The largest absolute Gasteiger partial charge is 0.465 e. The van der Waals surface area contributed by atoms with E-state index in [4.69, 9.17) is 4.42 Å². The van der Waals surface area contributed by atoms with Gasteiger partial charge in [0, 0.05) is 12.6 Å². The van der Waals surface area contributed by atoms with Crippen molar-refractivity contribution in [1.82, 2.24) is 4.90 Å². The molecule has 25 heavy (non-hydrogen) atoms. The zero-order valence-electron chi connectivity index (χ0n) is 13.0. The molecule has 0 saturated carbocycles. The van der Waals surface area contributed by atoms with Crippen molar-refractivity contribution in [1.29, 1.82) is 0 Å². The SMILES string of the molecule is CCN1C(=O)/C(=C\c2ccco2)SC1=NS(=O)(=O)c1ccc(F)cc1. The van der Waals surface area contributed by atoms with E-state index in [1.54, 1.807) is 19.1 Å². The van der Waals surface area contributed by atoms with Crippen LogP contribution in [0.5, 0.6) is 0 Å².